The minimum atomic E-state index is 0.244. The molecule has 96 valence electrons. The third-order valence-electron chi connectivity index (χ3n) is 2.74. The molecule has 1 unspecified atom stereocenters. The van der Waals surface area contributed by atoms with Crippen LogP contribution in [0.15, 0.2) is 52.2 Å². The average molecular weight is 262 g/mol. The molecule has 0 bridgehead atoms. The molecule has 18 heavy (non-hydrogen) atoms. The molecule has 1 aromatic carbocycles. The Balaban J connectivity index is 1.87. The van der Waals surface area contributed by atoms with Crippen LogP contribution < -0.4 is 11.3 Å². The van der Waals surface area contributed by atoms with Crippen LogP contribution in [0.3, 0.4) is 0 Å². The Labute approximate surface area is 112 Å². The predicted octanol–water partition coefficient (Wildman–Crippen LogP) is 2.75. The van der Waals surface area contributed by atoms with E-state index < -0.39 is 0 Å². The smallest absolute Gasteiger partial charge is 0.0935 e. The van der Waals surface area contributed by atoms with Crippen molar-refractivity contribution in [2.75, 3.05) is 5.75 Å². The zero-order valence-electron chi connectivity index (χ0n) is 10.4. The van der Waals surface area contributed by atoms with Crippen LogP contribution in [0, 0.1) is 6.92 Å². The quantitative estimate of drug-likeness (QED) is 0.477. The van der Waals surface area contributed by atoms with Crippen molar-refractivity contribution in [1.29, 1.82) is 0 Å². The van der Waals surface area contributed by atoms with E-state index in [1.807, 2.05) is 17.8 Å². The summed E-state index contributed by atoms with van der Waals surface area (Å²) in [6.07, 6.45) is 4.34. The number of benzene rings is 1. The van der Waals surface area contributed by atoms with Crippen LogP contribution in [-0.4, -0.2) is 11.8 Å². The van der Waals surface area contributed by atoms with E-state index in [4.69, 9.17) is 10.3 Å². The molecule has 4 heteroatoms. The van der Waals surface area contributed by atoms with Gasteiger partial charge in [-0.3, -0.25) is 11.3 Å². The van der Waals surface area contributed by atoms with Gasteiger partial charge in [-0.05, 0) is 37.1 Å². The van der Waals surface area contributed by atoms with Gasteiger partial charge in [0.1, 0.15) is 0 Å². The minimum absolute atomic E-state index is 0.244. The molecule has 0 saturated heterocycles. The summed E-state index contributed by atoms with van der Waals surface area (Å²) in [6, 6.07) is 10.7. The van der Waals surface area contributed by atoms with Crippen LogP contribution in [0.2, 0.25) is 0 Å². The summed E-state index contributed by atoms with van der Waals surface area (Å²) in [6.45, 7) is 2.11. The molecule has 0 aliphatic carbocycles. The first-order chi connectivity index (χ1) is 8.78. The molecule has 3 nitrogen and oxygen atoms in total. The predicted molar refractivity (Wildman–Crippen MR) is 75.4 cm³/mol. The highest BCUT2D eigenvalue weighted by atomic mass is 32.2. The van der Waals surface area contributed by atoms with Crippen LogP contribution >= 0.6 is 11.8 Å². The summed E-state index contributed by atoms with van der Waals surface area (Å²) in [4.78, 5) is 1.28. The van der Waals surface area contributed by atoms with E-state index in [-0.39, 0.29) is 6.04 Å². The summed E-state index contributed by atoms with van der Waals surface area (Å²) < 4.78 is 5.06. The molecule has 1 atom stereocenters. The number of hydrazine groups is 1. The van der Waals surface area contributed by atoms with Gasteiger partial charge in [-0.1, -0.05) is 17.7 Å². The molecule has 0 fully saturated rings. The van der Waals surface area contributed by atoms with Crippen LogP contribution in [0.4, 0.5) is 0 Å². The van der Waals surface area contributed by atoms with Crippen molar-refractivity contribution >= 4 is 11.8 Å². The first-order valence-electron chi connectivity index (χ1n) is 5.94. The zero-order chi connectivity index (χ0) is 12.8. The number of nitrogens with one attached hydrogen (secondary N) is 1. The van der Waals surface area contributed by atoms with E-state index in [2.05, 4.69) is 36.6 Å². The number of rotatable bonds is 6. The van der Waals surface area contributed by atoms with Gasteiger partial charge in [-0.15, -0.1) is 11.8 Å². The number of aryl methyl sites for hydroxylation is 1. The fourth-order valence-corrected chi connectivity index (χ4v) is 2.81. The molecule has 2 aromatic rings. The molecule has 0 aliphatic rings. The first-order valence-corrected chi connectivity index (χ1v) is 6.93. The molecule has 0 aliphatic heterocycles. The summed E-state index contributed by atoms with van der Waals surface area (Å²) in [5, 5.41) is 0. The average Bonchev–Trinajstić information content (AvgIpc) is 2.87. The van der Waals surface area contributed by atoms with Crippen molar-refractivity contribution in [3.05, 3.63) is 54.0 Å². The van der Waals surface area contributed by atoms with Crippen LogP contribution in [0.1, 0.15) is 11.1 Å². The second kappa shape index (κ2) is 6.64. The van der Waals surface area contributed by atoms with Crippen molar-refractivity contribution in [1.82, 2.24) is 5.43 Å². The van der Waals surface area contributed by atoms with Gasteiger partial charge in [0.25, 0.3) is 0 Å². The van der Waals surface area contributed by atoms with Gasteiger partial charge in [0.05, 0.1) is 12.5 Å². The molecule has 0 radical (unpaired) electrons. The summed E-state index contributed by atoms with van der Waals surface area (Å²) >= 11 is 1.82. The number of thioether (sulfide) groups is 1. The lowest BCUT2D eigenvalue weighted by atomic mass is 10.1. The summed E-state index contributed by atoms with van der Waals surface area (Å²) in [7, 11) is 0. The fraction of sp³-hybridized carbons (Fsp3) is 0.286. The number of furan rings is 1. The maximum Gasteiger partial charge on any atom is 0.0935 e. The van der Waals surface area contributed by atoms with Crippen molar-refractivity contribution in [2.45, 2.75) is 24.3 Å². The van der Waals surface area contributed by atoms with E-state index >= 15 is 0 Å². The summed E-state index contributed by atoms with van der Waals surface area (Å²) in [5.41, 5.74) is 5.32. The highest BCUT2D eigenvalue weighted by Crippen LogP contribution is 2.20. The van der Waals surface area contributed by atoms with Crippen molar-refractivity contribution < 1.29 is 4.42 Å². The second-order valence-corrected chi connectivity index (χ2v) is 5.42. The Kier molecular flexibility index (Phi) is 4.87. The Morgan fingerprint density at radius 3 is 2.94 bits per heavy atom. The van der Waals surface area contributed by atoms with E-state index in [9.17, 15) is 0 Å². The lowest BCUT2D eigenvalue weighted by Gasteiger charge is -2.14. The summed E-state index contributed by atoms with van der Waals surface area (Å²) in [5.74, 6) is 6.53. The van der Waals surface area contributed by atoms with Crippen molar-refractivity contribution in [3.63, 3.8) is 0 Å². The third-order valence-corrected chi connectivity index (χ3v) is 3.89. The van der Waals surface area contributed by atoms with Gasteiger partial charge in [-0.25, -0.2) is 0 Å². The molecule has 0 spiro atoms. The Morgan fingerprint density at radius 1 is 1.39 bits per heavy atom. The van der Waals surface area contributed by atoms with E-state index in [1.54, 1.807) is 12.5 Å². The molecule has 0 saturated carbocycles. The molecule has 2 rings (SSSR count). The maximum atomic E-state index is 5.59. The normalized spacial score (nSPS) is 12.6. The lowest BCUT2D eigenvalue weighted by molar-refractivity contribution is 0.548. The number of hydrogen-bond acceptors (Lipinski definition) is 4. The largest absolute Gasteiger partial charge is 0.472 e. The van der Waals surface area contributed by atoms with Crippen molar-refractivity contribution in [3.8, 4) is 0 Å². The van der Waals surface area contributed by atoms with Gasteiger partial charge in [0.2, 0.25) is 0 Å². The molecule has 0 amide bonds. The fourth-order valence-electron chi connectivity index (χ4n) is 1.76. The molecule has 1 heterocycles. The van der Waals surface area contributed by atoms with Crippen LogP contribution in [-0.2, 0) is 6.42 Å². The third kappa shape index (κ3) is 3.91. The maximum absolute atomic E-state index is 5.59. The van der Waals surface area contributed by atoms with Gasteiger partial charge in [0, 0.05) is 16.7 Å². The van der Waals surface area contributed by atoms with E-state index in [1.165, 1.54) is 16.0 Å². The van der Waals surface area contributed by atoms with E-state index in [0.29, 0.717) is 0 Å². The molecular weight excluding hydrogens is 244 g/mol. The van der Waals surface area contributed by atoms with Crippen LogP contribution in [0.25, 0.3) is 0 Å². The van der Waals surface area contributed by atoms with Gasteiger partial charge in [-0.2, -0.15) is 0 Å². The van der Waals surface area contributed by atoms with Gasteiger partial charge < -0.3 is 4.42 Å². The standard InChI is InChI=1S/C14H18N2OS/c1-11-3-2-4-14(7-11)18-10-13(16-15)8-12-5-6-17-9-12/h2-7,9,13,16H,8,10,15H2,1H3. The Hall–Kier alpha value is -1.23. The SMILES string of the molecule is Cc1cccc(SCC(Cc2ccoc2)NN)c1. The van der Waals surface area contributed by atoms with Crippen LogP contribution in [0.5, 0.6) is 0 Å². The monoisotopic (exact) mass is 262 g/mol. The Morgan fingerprint density at radius 2 is 2.28 bits per heavy atom. The molecule has 3 N–H and O–H groups in total. The molecule has 1 aromatic heterocycles. The number of nitrogens with two attached hydrogens (primary N) is 1. The van der Waals surface area contributed by atoms with E-state index in [0.717, 1.165) is 12.2 Å². The minimum Gasteiger partial charge on any atom is -0.472 e. The van der Waals surface area contributed by atoms with Crippen molar-refractivity contribution in [2.24, 2.45) is 5.84 Å². The zero-order valence-corrected chi connectivity index (χ0v) is 11.2. The topological polar surface area (TPSA) is 51.2 Å². The first kappa shape index (κ1) is 13.2. The Bertz CT molecular complexity index is 470. The second-order valence-electron chi connectivity index (χ2n) is 4.33. The highest BCUT2D eigenvalue weighted by molar-refractivity contribution is 7.99. The lowest BCUT2D eigenvalue weighted by Crippen LogP contribution is -2.38. The molecular formula is C14H18N2OS. The number of hydrogen-bond donors (Lipinski definition) is 2. The highest BCUT2D eigenvalue weighted by Gasteiger charge is 2.09. The van der Waals surface area contributed by atoms with Gasteiger partial charge in [0.15, 0.2) is 0 Å². The van der Waals surface area contributed by atoms with Gasteiger partial charge >= 0.3 is 0 Å².